The van der Waals surface area contributed by atoms with Crippen molar-refractivity contribution in [2.75, 3.05) is 14.2 Å². The highest BCUT2D eigenvalue weighted by molar-refractivity contribution is 5.35. The lowest BCUT2D eigenvalue weighted by molar-refractivity contribution is -0.110. The molecule has 35 heavy (non-hydrogen) atoms. The van der Waals surface area contributed by atoms with Crippen LogP contribution in [0, 0.1) is 39.9 Å². The summed E-state index contributed by atoms with van der Waals surface area (Å²) in [5, 5.41) is 0. The molecule has 2 nitrogen and oxygen atoms in total. The summed E-state index contributed by atoms with van der Waals surface area (Å²) in [7, 11) is 3.79. The molecule has 0 aromatic carbocycles. The molecule has 0 saturated heterocycles. The van der Waals surface area contributed by atoms with Crippen LogP contribution in [0.25, 0.3) is 0 Å². The second kappa shape index (κ2) is 10.6. The minimum atomic E-state index is 0. The van der Waals surface area contributed by atoms with Crippen LogP contribution in [0.4, 0.5) is 0 Å². The third kappa shape index (κ3) is 4.97. The summed E-state index contributed by atoms with van der Waals surface area (Å²) in [5.41, 5.74) is 5.09. The van der Waals surface area contributed by atoms with Crippen molar-refractivity contribution in [3.8, 4) is 0 Å². The molecule has 0 amide bonds. The molecule has 2 heteroatoms. The first-order valence-electron chi connectivity index (χ1n) is 14.7. The second-order valence-corrected chi connectivity index (χ2v) is 14.2. The van der Waals surface area contributed by atoms with Gasteiger partial charge >= 0.3 is 0 Å². The van der Waals surface area contributed by atoms with Gasteiger partial charge in [0.1, 0.15) is 0 Å². The first-order valence-corrected chi connectivity index (χ1v) is 14.7. The van der Waals surface area contributed by atoms with E-state index in [1.165, 1.54) is 70.6 Å². The summed E-state index contributed by atoms with van der Waals surface area (Å²) in [6.45, 7) is 23.4. The van der Waals surface area contributed by atoms with Gasteiger partial charge in [-0.1, -0.05) is 58.6 Å². The molecule has 204 valence electrons. The minimum Gasteiger partial charge on any atom is -0.381 e. The molecule has 7 atom stereocenters. The number of ether oxygens (including phenoxy) is 2. The van der Waals surface area contributed by atoms with Crippen molar-refractivity contribution in [3.05, 3.63) is 24.3 Å². The van der Waals surface area contributed by atoms with Gasteiger partial charge in [-0.15, -0.1) is 13.2 Å². The fraction of sp³-hybridized carbons (Fsp3) is 0.879. The topological polar surface area (TPSA) is 18.5 Å². The van der Waals surface area contributed by atoms with Gasteiger partial charge in [0.25, 0.3) is 0 Å². The maximum Gasteiger partial charge on any atom is 0.0625 e. The average molecular weight is 489 g/mol. The lowest BCUT2D eigenvalue weighted by Gasteiger charge is -2.60. The van der Waals surface area contributed by atoms with Gasteiger partial charge in [-0.2, -0.15) is 0 Å². The smallest absolute Gasteiger partial charge is 0.0625 e. The number of allylic oxidation sites excluding steroid dienone is 2. The van der Waals surface area contributed by atoms with Crippen LogP contribution in [0.3, 0.4) is 0 Å². The lowest BCUT2D eigenvalue weighted by Crippen LogP contribution is -2.54. The second-order valence-electron chi connectivity index (χ2n) is 14.2. The van der Waals surface area contributed by atoms with Crippen LogP contribution in [0.5, 0.6) is 0 Å². The monoisotopic (exact) mass is 488 g/mol. The van der Waals surface area contributed by atoms with Gasteiger partial charge in [-0.05, 0) is 112 Å². The number of methoxy groups -OCH3 is 2. The Morgan fingerprint density at radius 3 is 2.31 bits per heavy atom. The Kier molecular flexibility index (Phi) is 8.81. The van der Waals surface area contributed by atoms with Crippen molar-refractivity contribution >= 4 is 0 Å². The largest absolute Gasteiger partial charge is 0.381 e. The third-order valence-electron chi connectivity index (χ3n) is 11.9. The standard InChI is InChI=1S/C31H54O2.C2H4.H2/c1-21(11-10-18-28(2,3)33-9)23-13-14-24-22-12-15-26-29(4,5)27(32-8)17-20-31(26,7)25(22)16-19-30(23,24)6;1-2;/h21,23-24,26-27H,10-20H2,1-9H3;1-2H2;1H/t21-,23-,24?,26?,27+,30-,31-;;/m1../s1. The van der Waals surface area contributed by atoms with E-state index in [0.29, 0.717) is 16.9 Å². The van der Waals surface area contributed by atoms with E-state index in [9.17, 15) is 0 Å². The zero-order chi connectivity index (χ0) is 26.2. The molecule has 0 aromatic heterocycles. The SMILES string of the molecule is C=C.CO[C@H]1CC[C@]2(C)C3=C(CCC2C1(C)C)C1CC[C@H]([C@H](C)CCCC(C)(C)OC)[C@@]1(C)CC3.[HH]. The van der Waals surface area contributed by atoms with Crippen molar-refractivity contribution < 1.29 is 10.9 Å². The Bertz CT molecular complexity index is 770. The number of hydrogen-bond donors (Lipinski definition) is 0. The van der Waals surface area contributed by atoms with E-state index in [1.54, 1.807) is 0 Å². The summed E-state index contributed by atoms with van der Waals surface area (Å²) >= 11 is 0. The maximum absolute atomic E-state index is 6.00. The predicted molar refractivity (Wildman–Crippen MR) is 153 cm³/mol. The Labute approximate surface area is 220 Å². The summed E-state index contributed by atoms with van der Waals surface area (Å²) in [5.74, 6) is 3.35. The van der Waals surface area contributed by atoms with Gasteiger partial charge in [0.2, 0.25) is 0 Å². The van der Waals surface area contributed by atoms with Gasteiger partial charge in [-0.25, -0.2) is 0 Å². The predicted octanol–water partition coefficient (Wildman–Crippen LogP) is 9.64. The highest BCUT2D eigenvalue weighted by Gasteiger charge is 2.59. The Balaban J connectivity index is 0.00000148. The van der Waals surface area contributed by atoms with E-state index >= 15 is 0 Å². The number of rotatable bonds is 7. The molecule has 0 aliphatic heterocycles. The Morgan fingerprint density at radius 2 is 1.69 bits per heavy atom. The summed E-state index contributed by atoms with van der Waals surface area (Å²) in [6.07, 6.45) is 15.2. The molecule has 0 radical (unpaired) electrons. The van der Waals surface area contributed by atoms with E-state index in [1.807, 2.05) is 25.4 Å². The zero-order valence-corrected chi connectivity index (χ0v) is 24.9. The molecule has 0 N–H and O–H groups in total. The molecular formula is C33H60O2. The molecule has 0 heterocycles. The summed E-state index contributed by atoms with van der Waals surface area (Å²) in [4.78, 5) is 0. The van der Waals surface area contributed by atoms with Gasteiger partial charge < -0.3 is 9.47 Å². The van der Waals surface area contributed by atoms with E-state index in [-0.39, 0.29) is 12.4 Å². The van der Waals surface area contributed by atoms with Crippen LogP contribution in [0.2, 0.25) is 0 Å². The normalized spacial score (nSPS) is 39.1. The number of hydrogen-bond acceptors (Lipinski definition) is 2. The van der Waals surface area contributed by atoms with Crippen LogP contribution in [-0.2, 0) is 9.47 Å². The molecule has 0 aromatic rings. The lowest BCUT2D eigenvalue weighted by atomic mass is 9.46. The first-order chi connectivity index (χ1) is 16.4. The maximum atomic E-state index is 6.00. The third-order valence-corrected chi connectivity index (χ3v) is 11.9. The van der Waals surface area contributed by atoms with E-state index in [4.69, 9.17) is 9.47 Å². The van der Waals surface area contributed by atoms with Crippen LogP contribution in [-0.4, -0.2) is 25.9 Å². The quantitative estimate of drug-likeness (QED) is 0.332. The van der Waals surface area contributed by atoms with Gasteiger partial charge in [0.05, 0.1) is 11.7 Å². The molecular weight excluding hydrogens is 428 g/mol. The van der Waals surface area contributed by atoms with E-state index < -0.39 is 0 Å². The van der Waals surface area contributed by atoms with Crippen LogP contribution in [0.15, 0.2) is 24.3 Å². The zero-order valence-electron chi connectivity index (χ0n) is 24.9. The Hall–Kier alpha value is -0.600. The molecule has 2 fully saturated rings. The molecule has 4 aliphatic carbocycles. The van der Waals surface area contributed by atoms with Gasteiger partial charge in [0, 0.05) is 15.6 Å². The minimum absolute atomic E-state index is 0. The molecule has 0 spiro atoms. The summed E-state index contributed by atoms with van der Waals surface area (Å²) in [6, 6.07) is 0. The summed E-state index contributed by atoms with van der Waals surface area (Å²) < 4.78 is 11.7. The highest BCUT2D eigenvalue weighted by Crippen LogP contribution is 2.68. The average Bonchev–Trinajstić information content (AvgIpc) is 3.17. The fourth-order valence-electron chi connectivity index (χ4n) is 9.82. The van der Waals surface area contributed by atoms with Crippen molar-refractivity contribution in [1.82, 2.24) is 0 Å². The van der Waals surface area contributed by atoms with Crippen LogP contribution < -0.4 is 0 Å². The van der Waals surface area contributed by atoms with Crippen LogP contribution >= 0.6 is 0 Å². The highest BCUT2D eigenvalue weighted by atomic mass is 16.5. The van der Waals surface area contributed by atoms with Crippen LogP contribution in [0.1, 0.15) is 121 Å². The molecule has 0 bridgehead atoms. The van der Waals surface area contributed by atoms with Gasteiger partial charge in [0.15, 0.2) is 0 Å². The van der Waals surface area contributed by atoms with Crippen molar-refractivity contribution in [2.45, 2.75) is 131 Å². The molecule has 4 aliphatic rings. The molecule has 4 rings (SSSR count). The van der Waals surface area contributed by atoms with E-state index in [2.05, 4.69) is 61.6 Å². The Morgan fingerprint density at radius 1 is 1.00 bits per heavy atom. The van der Waals surface area contributed by atoms with Gasteiger partial charge in [-0.3, -0.25) is 0 Å². The van der Waals surface area contributed by atoms with E-state index in [0.717, 1.165) is 23.7 Å². The molecule has 2 unspecified atom stereocenters. The van der Waals surface area contributed by atoms with Crippen molar-refractivity contribution in [3.63, 3.8) is 0 Å². The van der Waals surface area contributed by atoms with Crippen molar-refractivity contribution in [1.29, 1.82) is 0 Å². The first kappa shape index (κ1) is 29.0. The number of fused-ring (bicyclic) bond motifs is 4. The molecule has 2 saturated carbocycles. The van der Waals surface area contributed by atoms with Crippen molar-refractivity contribution in [2.24, 2.45) is 39.9 Å². The fourth-order valence-corrected chi connectivity index (χ4v) is 9.82.